The van der Waals surface area contributed by atoms with Crippen LogP contribution in [0.3, 0.4) is 0 Å². The van der Waals surface area contributed by atoms with Crippen molar-refractivity contribution >= 4 is 23.1 Å². The van der Waals surface area contributed by atoms with E-state index in [9.17, 15) is 4.79 Å². The Hall–Kier alpha value is -1.42. The number of nitrogens with two attached hydrogens (primary N) is 1. The SMILES string of the molecule is CCC(C(=O)NC1Cc2ccccc2C1)C(N)=S. The third-order valence-electron chi connectivity index (χ3n) is 3.47. The number of benzene rings is 1. The van der Waals surface area contributed by atoms with Crippen LogP contribution in [0, 0.1) is 5.92 Å². The molecule has 0 heterocycles. The quantitative estimate of drug-likeness (QED) is 0.810. The highest BCUT2D eigenvalue weighted by molar-refractivity contribution is 7.80. The number of carbonyl (C=O) groups excluding carboxylic acids is 1. The molecule has 1 amide bonds. The van der Waals surface area contributed by atoms with Gasteiger partial charge in [-0.25, -0.2) is 0 Å². The molecule has 3 N–H and O–H groups in total. The van der Waals surface area contributed by atoms with E-state index >= 15 is 0 Å². The Kier molecular flexibility index (Phi) is 3.97. The van der Waals surface area contributed by atoms with Crippen LogP contribution in [-0.4, -0.2) is 16.9 Å². The Morgan fingerprint density at radius 2 is 2.00 bits per heavy atom. The van der Waals surface area contributed by atoms with Gasteiger partial charge in [-0.1, -0.05) is 43.4 Å². The smallest absolute Gasteiger partial charge is 0.230 e. The number of nitrogens with one attached hydrogen (secondary N) is 1. The number of fused-ring (bicyclic) bond motifs is 1. The van der Waals surface area contributed by atoms with E-state index in [1.165, 1.54) is 11.1 Å². The van der Waals surface area contributed by atoms with E-state index in [1.807, 2.05) is 19.1 Å². The van der Waals surface area contributed by atoms with Gasteiger partial charge in [-0.15, -0.1) is 0 Å². The van der Waals surface area contributed by atoms with Crippen LogP contribution in [0.2, 0.25) is 0 Å². The zero-order valence-electron chi connectivity index (χ0n) is 10.5. The van der Waals surface area contributed by atoms with Gasteiger partial charge in [-0.2, -0.15) is 0 Å². The van der Waals surface area contributed by atoms with E-state index in [0.29, 0.717) is 6.42 Å². The predicted octanol–water partition coefficient (Wildman–Crippen LogP) is 1.58. The highest BCUT2D eigenvalue weighted by atomic mass is 32.1. The Labute approximate surface area is 113 Å². The van der Waals surface area contributed by atoms with Gasteiger partial charge in [0, 0.05) is 6.04 Å². The second kappa shape index (κ2) is 5.48. The number of amides is 1. The number of carbonyl (C=O) groups is 1. The summed E-state index contributed by atoms with van der Waals surface area (Å²) in [5, 5.41) is 3.05. The summed E-state index contributed by atoms with van der Waals surface area (Å²) >= 11 is 4.92. The van der Waals surface area contributed by atoms with Crippen molar-refractivity contribution in [3.05, 3.63) is 35.4 Å². The van der Waals surface area contributed by atoms with Crippen LogP contribution in [-0.2, 0) is 17.6 Å². The fourth-order valence-corrected chi connectivity index (χ4v) is 2.75. The van der Waals surface area contributed by atoms with Gasteiger partial charge in [0.25, 0.3) is 0 Å². The van der Waals surface area contributed by atoms with Gasteiger partial charge in [0.05, 0.1) is 10.9 Å². The van der Waals surface area contributed by atoms with Crippen molar-refractivity contribution in [2.45, 2.75) is 32.2 Å². The molecular formula is C14H18N2OS. The lowest BCUT2D eigenvalue weighted by Gasteiger charge is -2.17. The molecule has 2 rings (SSSR count). The lowest BCUT2D eigenvalue weighted by molar-refractivity contribution is -0.123. The molecule has 96 valence electrons. The molecule has 0 bridgehead atoms. The topological polar surface area (TPSA) is 55.1 Å². The minimum Gasteiger partial charge on any atom is -0.393 e. The van der Waals surface area contributed by atoms with E-state index < -0.39 is 0 Å². The predicted molar refractivity (Wildman–Crippen MR) is 76.3 cm³/mol. The van der Waals surface area contributed by atoms with E-state index in [-0.39, 0.29) is 22.9 Å². The van der Waals surface area contributed by atoms with E-state index in [4.69, 9.17) is 18.0 Å². The molecule has 0 saturated heterocycles. The first-order chi connectivity index (χ1) is 8.61. The molecule has 18 heavy (non-hydrogen) atoms. The van der Waals surface area contributed by atoms with Crippen LogP contribution in [0.5, 0.6) is 0 Å². The molecule has 1 aromatic carbocycles. The van der Waals surface area contributed by atoms with Gasteiger partial charge in [-0.05, 0) is 30.4 Å². The number of thiocarbonyl (C=S) groups is 1. The standard InChI is InChI=1S/C14H18N2OS/c1-2-12(13(15)18)14(17)16-11-7-9-5-3-4-6-10(9)8-11/h3-6,11-12H,2,7-8H2,1H3,(H2,15,18)(H,16,17). The average Bonchev–Trinajstić information content (AvgIpc) is 2.71. The lowest BCUT2D eigenvalue weighted by Crippen LogP contribution is -2.43. The first-order valence-corrected chi connectivity index (χ1v) is 6.69. The van der Waals surface area contributed by atoms with Gasteiger partial charge >= 0.3 is 0 Å². The molecule has 1 aliphatic carbocycles. The summed E-state index contributed by atoms with van der Waals surface area (Å²) in [5.41, 5.74) is 8.23. The highest BCUT2D eigenvalue weighted by Crippen LogP contribution is 2.22. The summed E-state index contributed by atoms with van der Waals surface area (Å²) in [6.45, 7) is 1.92. The van der Waals surface area contributed by atoms with E-state index in [2.05, 4.69) is 17.4 Å². The van der Waals surface area contributed by atoms with Crippen LogP contribution < -0.4 is 11.1 Å². The number of hydrogen-bond acceptors (Lipinski definition) is 2. The summed E-state index contributed by atoms with van der Waals surface area (Å²) in [4.78, 5) is 12.3. The molecule has 0 saturated carbocycles. The molecule has 1 aliphatic rings. The van der Waals surface area contributed by atoms with Gasteiger partial charge in [0.2, 0.25) is 5.91 Å². The minimum absolute atomic E-state index is 0.0391. The average molecular weight is 262 g/mol. The minimum atomic E-state index is -0.344. The first kappa shape index (κ1) is 13.0. The van der Waals surface area contributed by atoms with E-state index in [0.717, 1.165) is 12.8 Å². The molecule has 0 aliphatic heterocycles. The van der Waals surface area contributed by atoms with Gasteiger partial charge in [0.1, 0.15) is 0 Å². The molecule has 1 aromatic rings. The summed E-state index contributed by atoms with van der Waals surface area (Å²) < 4.78 is 0. The molecule has 3 nitrogen and oxygen atoms in total. The van der Waals surface area contributed by atoms with Crippen LogP contribution in [0.15, 0.2) is 24.3 Å². The molecule has 0 radical (unpaired) electrons. The normalized spacial score (nSPS) is 16.1. The van der Waals surface area contributed by atoms with Crippen molar-refractivity contribution in [1.82, 2.24) is 5.32 Å². The van der Waals surface area contributed by atoms with Crippen molar-refractivity contribution in [3.63, 3.8) is 0 Å². The zero-order valence-corrected chi connectivity index (χ0v) is 11.3. The van der Waals surface area contributed by atoms with Crippen LogP contribution in [0.4, 0.5) is 0 Å². The fraction of sp³-hybridized carbons (Fsp3) is 0.429. The van der Waals surface area contributed by atoms with Crippen molar-refractivity contribution in [2.75, 3.05) is 0 Å². The van der Waals surface area contributed by atoms with Crippen LogP contribution >= 0.6 is 12.2 Å². The maximum Gasteiger partial charge on any atom is 0.230 e. The third-order valence-corrected chi connectivity index (χ3v) is 3.75. The largest absolute Gasteiger partial charge is 0.393 e. The summed E-state index contributed by atoms with van der Waals surface area (Å²) in [7, 11) is 0. The van der Waals surface area contributed by atoms with Crippen molar-refractivity contribution in [1.29, 1.82) is 0 Å². The molecule has 1 unspecified atom stereocenters. The lowest BCUT2D eigenvalue weighted by atomic mass is 10.1. The van der Waals surface area contributed by atoms with Gasteiger partial charge < -0.3 is 11.1 Å². The van der Waals surface area contributed by atoms with Crippen LogP contribution in [0.25, 0.3) is 0 Å². The Bertz CT molecular complexity index is 448. The molecule has 0 spiro atoms. The van der Waals surface area contributed by atoms with E-state index in [1.54, 1.807) is 0 Å². The van der Waals surface area contributed by atoms with Crippen LogP contribution in [0.1, 0.15) is 24.5 Å². The Morgan fingerprint density at radius 1 is 1.44 bits per heavy atom. The van der Waals surface area contributed by atoms with Gasteiger partial charge in [0.15, 0.2) is 0 Å². The molecule has 1 atom stereocenters. The zero-order chi connectivity index (χ0) is 13.1. The maximum atomic E-state index is 12.0. The van der Waals surface area contributed by atoms with Crippen molar-refractivity contribution in [2.24, 2.45) is 11.7 Å². The first-order valence-electron chi connectivity index (χ1n) is 6.28. The monoisotopic (exact) mass is 262 g/mol. The summed E-state index contributed by atoms with van der Waals surface area (Å²) in [6, 6.07) is 8.48. The van der Waals surface area contributed by atoms with Gasteiger partial charge in [-0.3, -0.25) is 4.79 Å². The fourth-order valence-electron chi connectivity index (χ4n) is 2.48. The summed E-state index contributed by atoms with van der Waals surface area (Å²) in [5.74, 6) is -0.383. The highest BCUT2D eigenvalue weighted by Gasteiger charge is 2.26. The molecule has 4 heteroatoms. The number of rotatable bonds is 4. The Morgan fingerprint density at radius 3 is 2.44 bits per heavy atom. The number of hydrogen-bond donors (Lipinski definition) is 2. The summed E-state index contributed by atoms with van der Waals surface area (Å²) in [6.07, 6.45) is 2.45. The van der Waals surface area contributed by atoms with Crippen molar-refractivity contribution < 1.29 is 4.79 Å². The molecular weight excluding hydrogens is 244 g/mol. The second-order valence-electron chi connectivity index (χ2n) is 4.75. The molecule has 0 fully saturated rings. The Balaban J connectivity index is 1.97. The van der Waals surface area contributed by atoms with Crippen molar-refractivity contribution in [3.8, 4) is 0 Å². The second-order valence-corrected chi connectivity index (χ2v) is 5.22. The maximum absolute atomic E-state index is 12.0. The third kappa shape index (κ3) is 2.70. The molecule has 0 aromatic heterocycles.